The van der Waals surface area contributed by atoms with Crippen molar-refractivity contribution in [2.45, 2.75) is 43.4 Å². The normalized spacial score (nSPS) is 17.4. The van der Waals surface area contributed by atoms with Gasteiger partial charge in [0.05, 0.1) is 22.2 Å². The largest absolute Gasteiger partial charge is 0.372 e. The van der Waals surface area contributed by atoms with Crippen LogP contribution in [-0.2, 0) is 27.0 Å². The van der Waals surface area contributed by atoms with Crippen LogP contribution in [0, 0.1) is 0 Å². The predicted molar refractivity (Wildman–Crippen MR) is 152 cm³/mol. The van der Waals surface area contributed by atoms with Crippen LogP contribution in [-0.4, -0.2) is 30.0 Å². The molecule has 3 aromatic carbocycles. The van der Waals surface area contributed by atoms with Crippen LogP contribution in [0.25, 0.3) is 11.1 Å². The van der Waals surface area contributed by atoms with Crippen LogP contribution in [0.3, 0.4) is 0 Å². The number of anilines is 1. The van der Waals surface area contributed by atoms with Gasteiger partial charge < -0.3 is 10.0 Å². The van der Waals surface area contributed by atoms with Crippen molar-refractivity contribution >= 4 is 33.2 Å². The minimum atomic E-state index is -3.79. The van der Waals surface area contributed by atoms with E-state index in [1.54, 1.807) is 51.4 Å². The van der Waals surface area contributed by atoms with Gasteiger partial charge in [0.25, 0.3) is 5.91 Å². The number of aromatic nitrogens is 1. The minimum absolute atomic E-state index is 0.0349. The van der Waals surface area contributed by atoms with Crippen LogP contribution in [0.5, 0.6) is 0 Å². The Morgan fingerprint density at radius 1 is 0.923 bits per heavy atom. The van der Waals surface area contributed by atoms with Gasteiger partial charge in [-0.3, -0.25) is 9.78 Å². The summed E-state index contributed by atoms with van der Waals surface area (Å²) >= 11 is 6.56. The molecular formula is C30H28ClN3O4S. The van der Waals surface area contributed by atoms with Crippen LogP contribution in [0.1, 0.15) is 37.5 Å². The highest BCUT2D eigenvalue weighted by atomic mass is 35.5. The highest BCUT2D eigenvalue weighted by Gasteiger charge is 2.52. The van der Waals surface area contributed by atoms with E-state index in [1.165, 1.54) is 29.2 Å². The van der Waals surface area contributed by atoms with Crippen molar-refractivity contribution in [3.05, 3.63) is 113 Å². The Balaban J connectivity index is 1.48. The first-order valence-electron chi connectivity index (χ1n) is 12.4. The Bertz CT molecular complexity index is 1630. The molecule has 0 bridgehead atoms. The van der Waals surface area contributed by atoms with Crippen molar-refractivity contribution in [1.29, 1.82) is 0 Å². The third-order valence-corrected chi connectivity index (χ3v) is 8.61. The highest BCUT2D eigenvalue weighted by Crippen LogP contribution is 2.48. The van der Waals surface area contributed by atoms with Crippen LogP contribution in [0.4, 0.5) is 5.69 Å². The van der Waals surface area contributed by atoms with E-state index in [9.17, 15) is 18.3 Å². The molecule has 1 aromatic heterocycles. The van der Waals surface area contributed by atoms with Gasteiger partial charge in [-0.2, -0.15) is 0 Å². The number of para-hydroxylation sites is 1. The number of nitrogens with one attached hydrogen (secondary N) is 1. The third kappa shape index (κ3) is 5.08. The van der Waals surface area contributed by atoms with Crippen molar-refractivity contribution in [3.8, 4) is 11.1 Å². The van der Waals surface area contributed by atoms with Gasteiger partial charge in [0.2, 0.25) is 10.0 Å². The number of hydrogen-bond donors (Lipinski definition) is 2. The van der Waals surface area contributed by atoms with Crippen molar-refractivity contribution in [1.82, 2.24) is 9.71 Å². The maximum Gasteiger partial charge on any atom is 0.268 e. The average molecular weight is 562 g/mol. The molecule has 7 nitrogen and oxygen atoms in total. The molecule has 9 heteroatoms. The van der Waals surface area contributed by atoms with E-state index in [2.05, 4.69) is 9.71 Å². The summed E-state index contributed by atoms with van der Waals surface area (Å²) in [6.45, 7) is 5.44. The molecule has 5 rings (SSSR count). The molecule has 1 aliphatic heterocycles. The molecule has 0 saturated carbocycles. The van der Waals surface area contributed by atoms with Gasteiger partial charge in [0, 0.05) is 23.5 Å². The second kappa shape index (κ2) is 9.88. The Morgan fingerprint density at radius 3 is 2.15 bits per heavy atom. The van der Waals surface area contributed by atoms with Gasteiger partial charge in [0.15, 0.2) is 5.60 Å². The van der Waals surface area contributed by atoms with Crippen LogP contribution >= 0.6 is 11.6 Å². The third-order valence-electron chi connectivity index (χ3n) is 6.53. The van der Waals surface area contributed by atoms with Crippen LogP contribution in [0.2, 0.25) is 5.02 Å². The molecule has 1 aliphatic rings. The van der Waals surface area contributed by atoms with Gasteiger partial charge in [-0.25, -0.2) is 13.1 Å². The minimum Gasteiger partial charge on any atom is -0.372 e. The average Bonchev–Trinajstić information content (AvgIpc) is 3.12. The van der Waals surface area contributed by atoms with Gasteiger partial charge in [-0.05, 0) is 73.4 Å². The maximum absolute atomic E-state index is 13.9. The lowest BCUT2D eigenvalue weighted by Gasteiger charge is -2.24. The lowest BCUT2D eigenvalue weighted by atomic mass is 9.87. The van der Waals surface area contributed by atoms with Crippen LogP contribution in [0.15, 0.2) is 96.2 Å². The number of benzene rings is 3. The van der Waals surface area contributed by atoms with Crippen molar-refractivity contribution in [2.24, 2.45) is 0 Å². The Labute approximate surface area is 233 Å². The SMILES string of the molecule is CC(C)(C)NS(=O)(=O)c1ccc(C2(O)C(=O)N(Cc3ccc(-c4ccncc4)cc3)c3c(Cl)cccc32)cc1. The number of sulfonamides is 1. The fourth-order valence-electron chi connectivity index (χ4n) is 4.79. The molecule has 39 heavy (non-hydrogen) atoms. The van der Waals surface area contributed by atoms with Crippen molar-refractivity contribution < 1.29 is 18.3 Å². The van der Waals surface area contributed by atoms with Gasteiger partial charge in [0.1, 0.15) is 0 Å². The van der Waals surface area contributed by atoms with E-state index >= 15 is 0 Å². The molecule has 1 atom stereocenters. The fourth-order valence-corrected chi connectivity index (χ4v) is 6.49. The maximum atomic E-state index is 13.9. The van der Waals surface area contributed by atoms with E-state index in [0.717, 1.165) is 16.7 Å². The number of nitrogens with zero attached hydrogens (tertiary/aromatic N) is 2. The molecule has 0 aliphatic carbocycles. The quantitative estimate of drug-likeness (QED) is 0.334. The predicted octanol–water partition coefficient (Wildman–Crippen LogP) is 5.26. The first-order chi connectivity index (χ1) is 18.4. The van der Waals surface area contributed by atoms with Gasteiger partial charge in [-0.1, -0.05) is 60.1 Å². The number of amides is 1. The Hall–Kier alpha value is -3.56. The zero-order valence-electron chi connectivity index (χ0n) is 21.7. The summed E-state index contributed by atoms with van der Waals surface area (Å²) in [7, 11) is -3.79. The summed E-state index contributed by atoms with van der Waals surface area (Å²) in [5.74, 6) is -0.563. The smallest absolute Gasteiger partial charge is 0.268 e. The number of carbonyl (C=O) groups excluding carboxylic acids is 1. The standard InChI is InChI=1S/C30H28ClN3O4S/c1-29(2,3)33-39(37,38)24-13-11-23(12-14-24)30(36)25-5-4-6-26(31)27(25)34(28(30)35)19-20-7-9-21(10-8-20)22-15-17-32-18-16-22/h4-18,33,36H,19H2,1-3H3. The second-order valence-corrected chi connectivity index (χ2v) is 12.6. The Morgan fingerprint density at radius 2 is 1.54 bits per heavy atom. The number of hydrogen-bond acceptors (Lipinski definition) is 5. The molecule has 1 unspecified atom stereocenters. The molecule has 4 aromatic rings. The zero-order valence-corrected chi connectivity index (χ0v) is 23.3. The lowest BCUT2D eigenvalue weighted by Crippen LogP contribution is -2.41. The summed E-state index contributed by atoms with van der Waals surface area (Å²) in [4.78, 5) is 19.4. The Kier molecular flexibility index (Phi) is 6.84. The fraction of sp³-hybridized carbons (Fsp3) is 0.200. The lowest BCUT2D eigenvalue weighted by molar-refractivity contribution is -0.132. The highest BCUT2D eigenvalue weighted by molar-refractivity contribution is 7.89. The number of aliphatic hydroxyl groups is 1. The van der Waals surface area contributed by atoms with E-state index < -0.39 is 27.1 Å². The molecule has 0 spiro atoms. The molecule has 2 heterocycles. The molecule has 0 saturated heterocycles. The molecular weight excluding hydrogens is 534 g/mol. The summed E-state index contributed by atoms with van der Waals surface area (Å²) < 4.78 is 28.1. The second-order valence-electron chi connectivity index (χ2n) is 10.6. The topological polar surface area (TPSA) is 99.6 Å². The molecule has 0 fully saturated rings. The summed E-state index contributed by atoms with van der Waals surface area (Å²) in [5, 5.41) is 12.2. The first kappa shape index (κ1) is 27.0. The van der Waals surface area contributed by atoms with E-state index in [-0.39, 0.29) is 17.0 Å². The van der Waals surface area contributed by atoms with Gasteiger partial charge in [-0.15, -0.1) is 0 Å². The van der Waals surface area contributed by atoms with E-state index in [1.807, 2.05) is 36.4 Å². The first-order valence-corrected chi connectivity index (χ1v) is 14.2. The van der Waals surface area contributed by atoms with Gasteiger partial charge >= 0.3 is 0 Å². The number of carbonyl (C=O) groups is 1. The summed E-state index contributed by atoms with van der Waals surface area (Å²) in [6.07, 6.45) is 3.46. The summed E-state index contributed by atoms with van der Waals surface area (Å²) in [6, 6.07) is 22.4. The van der Waals surface area contributed by atoms with E-state index in [0.29, 0.717) is 16.3 Å². The molecule has 200 valence electrons. The van der Waals surface area contributed by atoms with E-state index in [4.69, 9.17) is 11.6 Å². The zero-order chi connectivity index (χ0) is 28.0. The van der Waals surface area contributed by atoms with Crippen molar-refractivity contribution in [2.75, 3.05) is 4.90 Å². The molecule has 0 radical (unpaired) electrons. The van der Waals surface area contributed by atoms with Crippen molar-refractivity contribution in [3.63, 3.8) is 0 Å². The number of pyridine rings is 1. The molecule has 1 amide bonds. The number of halogens is 1. The number of fused-ring (bicyclic) bond motifs is 1. The summed E-state index contributed by atoms with van der Waals surface area (Å²) in [5.41, 5.74) is 1.22. The number of rotatable bonds is 6. The monoisotopic (exact) mass is 561 g/mol. The van der Waals surface area contributed by atoms with Crippen LogP contribution < -0.4 is 9.62 Å². The molecule has 2 N–H and O–H groups in total.